The summed E-state index contributed by atoms with van der Waals surface area (Å²) in [5, 5.41) is 16.1. The summed E-state index contributed by atoms with van der Waals surface area (Å²) in [7, 11) is -2.81. The van der Waals surface area contributed by atoms with Gasteiger partial charge in [-0.25, -0.2) is 4.79 Å². The Morgan fingerprint density at radius 3 is 1.95 bits per heavy atom. The van der Waals surface area contributed by atoms with E-state index in [0.29, 0.717) is 5.76 Å². The third kappa shape index (κ3) is 7.06. The predicted molar refractivity (Wildman–Crippen MR) is 155 cm³/mol. The molecule has 0 aliphatic carbocycles. The van der Waals surface area contributed by atoms with Crippen LogP contribution in [0.2, 0.25) is 5.04 Å². The summed E-state index contributed by atoms with van der Waals surface area (Å²) < 4.78 is 17.9. The second kappa shape index (κ2) is 12.9. The van der Waals surface area contributed by atoms with Gasteiger partial charge in [0.15, 0.2) is 0 Å². The highest BCUT2D eigenvalue weighted by Gasteiger charge is 2.50. The molecule has 1 aromatic heterocycles. The first-order valence-electron chi connectivity index (χ1n) is 13.2. The third-order valence-corrected chi connectivity index (χ3v) is 11.8. The Morgan fingerprint density at radius 2 is 1.44 bits per heavy atom. The second-order valence-electron chi connectivity index (χ2n) is 10.6. The van der Waals surface area contributed by atoms with Crippen molar-refractivity contribution >= 4 is 24.8 Å². The summed E-state index contributed by atoms with van der Waals surface area (Å²) in [4.78, 5) is 12.6. The maximum Gasteiger partial charge on any atom is 0.408 e. The minimum Gasteiger partial charge on any atom is -0.467 e. The van der Waals surface area contributed by atoms with E-state index < -0.39 is 26.6 Å². The molecular formula is C32H37NO5Si. The molecule has 0 bridgehead atoms. The molecule has 0 saturated heterocycles. The van der Waals surface area contributed by atoms with Crippen LogP contribution in [0.3, 0.4) is 0 Å². The number of furan rings is 1. The van der Waals surface area contributed by atoms with Gasteiger partial charge in [-0.05, 0) is 33.1 Å². The highest BCUT2D eigenvalue weighted by atomic mass is 28.4. The van der Waals surface area contributed by atoms with E-state index in [-0.39, 0.29) is 24.7 Å². The van der Waals surface area contributed by atoms with E-state index in [1.54, 1.807) is 18.4 Å². The Hall–Kier alpha value is -3.65. The van der Waals surface area contributed by atoms with Crippen LogP contribution in [0.4, 0.5) is 4.79 Å². The number of hydrogen-bond acceptors (Lipinski definition) is 5. The summed E-state index contributed by atoms with van der Waals surface area (Å²) in [6.07, 6.45) is 0.299. The molecule has 2 N–H and O–H groups in total. The molecule has 4 rings (SSSR count). The number of aliphatic hydroxyl groups excluding tert-OH is 1. The summed E-state index contributed by atoms with van der Waals surface area (Å²) in [5.74, 6) is 0.538. The first kappa shape index (κ1) is 28.4. The van der Waals surface area contributed by atoms with Crippen LogP contribution < -0.4 is 15.7 Å². The Bertz CT molecular complexity index is 1240. The van der Waals surface area contributed by atoms with Crippen LogP contribution >= 0.6 is 0 Å². The van der Waals surface area contributed by atoms with E-state index in [1.165, 1.54) is 0 Å². The van der Waals surface area contributed by atoms with Crippen LogP contribution in [-0.4, -0.2) is 32.2 Å². The van der Waals surface area contributed by atoms with Gasteiger partial charge in [0.25, 0.3) is 8.32 Å². The standard InChI is InChI=1S/C32H37NO5Si/c1-32(2,3)39(27-16-9-5-10-17-27,28-18-11-6-12-19-28)38-24-26(34)22-29(30-20-13-21-36-30)33-31(35)37-23-25-14-7-4-8-15-25/h4-21,26,29,34H,22-24H2,1-3H3,(H,33,35)/t26-,29+/m1/s1. The van der Waals surface area contributed by atoms with E-state index in [0.717, 1.165) is 15.9 Å². The first-order chi connectivity index (χ1) is 18.8. The van der Waals surface area contributed by atoms with Crippen LogP contribution in [-0.2, 0) is 15.8 Å². The Labute approximate surface area is 231 Å². The van der Waals surface area contributed by atoms with Crippen molar-refractivity contribution in [2.45, 2.75) is 51.0 Å². The summed E-state index contributed by atoms with van der Waals surface area (Å²) in [5.41, 5.74) is 0.890. The maximum atomic E-state index is 12.6. The molecule has 204 valence electrons. The number of nitrogens with one attached hydrogen (secondary N) is 1. The lowest BCUT2D eigenvalue weighted by atomic mass is 10.1. The number of alkyl carbamates (subject to hydrolysis) is 1. The Morgan fingerprint density at radius 1 is 0.872 bits per heavy atom. The molecule has 39 heavy (non-hydrogen) atoms. The Kier molecular flexibility index (Phi) is 9.40. The van der Waals surface area contributed by atoms with Gasteiger partial charge in [0, 0.05) is 6.42 Å². The van der Waals surface area contributed by atoms with Crippen LogP contribution in [0.15, 0.2) is 114 Å². The zero-order valence-electron chi connectivity index (χ0n) is 22.7. The number of aliphatic hydroxyl groups is 1. The molecule has 2 atom stereocenters. The normalized spacial score (nSPS) is 13.4. The number of ether oxygens (including phenoxy) is 1. The number of amides is 1. The maximum absolute atomic E-state index is 12.6. The van der Waals surface area contributed by atoms with E-state index in [1.807, 2.05) is 66.7 Å². The molecule has 3 aromatic carbocycles. The monoisotopic (exact) mass is 543 g/mol. The number of carbonyl (C=O) groups excluding carboxylic acids is 1. The van der Waals surface area contributed by atoms with E-state index >= 15 is 0 Å². The molecule has 0 aliphatic rings. The van der Waals surface area contributed by atoms with Gasteiger partial charge in [-0.1, -0.05) is 112 Å². The van der Waals surface area contributed by atoms with Gasteiger partial charge in [-0.3, -0.25) is 0 Å². The molecule has 0 unspecified atom stereocenters. The van der Waals surface area contributed by atoms with Crippen molar-refractivity contribution in [1.29, 1.82) is 0 Å². The van der Waals surface area contributed by atoms with Gasteiger partial charge in [-0.2, -0.15) is 0 Å². The third-order valence-electron chi connectivity index (χ3n) is 6.81. The van der Waals surface area contributed by atoms with Crippen LogP contribution in [0.1, 0.15) is 44.6 Å². The lowest BCUT2D eigenvalue weighted by molar-refractivity contribution is 0.0794. The molecule has 1 heterocycles. The average molecular weight is 544 g/mol. The molecule has 6 nitrogen and oxygen atoms in total. The lowest BCUT2D eigenvalue weighted by Crippen LogP contribution is -2.67. The van der Waals surface area contributed by atoms with E-state index in [9.17, 15) is 9.90 Å². The highest BCUT2D eigenvalue weighted by Crippen LogP contribution is 2.37. The molecule has 0 fully saturated rings. The number of hydrogen-bond donors (Lipinski definition) is 2. The number of carbonyl (C=O) groups is 1. The topological polar surface area (TPSA) is 80.9 Å². The lowest BCUT2D eigenvalue weighted by Gasteiger charge is -2.43. The van der Waals surface area contributed by atoms with Gasteiger partial charge < -0.3 is 24.0 Å². The molecule has 7 heteroatoms. The average Bonchev–Trinajstić information content (AvgIpc) is 3.48. The smallest absolute Gasteiger partial charge is 0.408 e. The zero-order valence-corrected chi connectivity index (χ0v) is 23.7. The van der Waals surface area contributed by atoms with Gasteiger partial charge in [0.2, 0.25) is 0 Å². The first-order valence-corrected chi connectivity index (χ1v) is 15.1. The summed E-state index contributed by atoms with van der Waals surface area (Å²) in [6.45, 7) is 6.84. The zero-order chi connectivity index (χ0) is 27.7. The van der Waals surface area contributed by atoms with Crippen molar-refractivity contribution in [2.75, 3.05) is 6.61 Å². The van der Waals surface area contributed by atoms with Crippen molar-refractivity contribution in [3.8, 4) is 0 Å². The summed E-state index contributed by atoms with van der Waals surface area (Å²) >= 11 is 0. The minimum absolute atomic E-state index is 0.102. The second-order valence-corrected chi connectivity index (χ2v) is 14.9. The molecule has 0 radical (unpaired) electrons. The van der Waals surface area contributed by atoms with Gasteiger partial charge >= 0.3 is 6.09 Å². The van der Waals surface area contributed by atoms with Crippen LogP contribution in [0.5, 0.6) is 0 Å². The minimum atomic E-state index is -2.81. The van der Waals surface area contributed by atoms with Crippen molar-refractivity contribution in [3.63, 3.8) is 0 Å². The fraction of sp³-hybridized carbons (Fsp3) is 0.281. The number of benzene rings is 3. The van der Waals surface area contributed by atoms with Crippen molar-refractivity contribution in [2.24, 2.45) is 0 Å². The van der Waals surface area contributed by atoms with Crippen molar-refractivity contribution < 1.29 is 23.5 Å². The molecule has 4 aromatic rings. The van der Waals surface area contributed by atoms with Gasteiger partial charge in [-0.15, -0.1) is 0 Å². The van der Waals surface area contributed by atoms with Gasteiger partial charge in [0.1, 0.15) is 12.4 Å². The molecule has 0 aliphatic heterocycles. The highest BCUT2D eigenvalue weighted by molar-refractivity contribution is 6.99. The quantitative estimate of drug-likeness (QED) is 0.242. The fourth-order valence-electron chi connectivity index (χ4n) is 4.97. The number of rotatable bonds is 11. The van der Waals surface area contributed by atoms with Crippen LogP contribution in [0, 0.1) is 0 Å². The predicted octanol–water partition coefficient (Wildman–Crippen LogP) is 5.57. The van der Waals surface area contributed by atoms with Crippen molar-refractivity contribution in [1.82, 2.24) is 5.32 Å². The largest absolute Gasteiger partial charge is 0.467 e. The molecule has 0 saturated carbocycles. The fourth-order valence-corrected chi connectivity index (χ4v) is 9.56. The summed E-state index contributed by atoms with van der Waals surface area (Å²) in [6, 6.07) is 33.0. The van der Waals surface area contributed by atoms with Crippen LogP contribution in [0.25, 0.3) is 0 Å². The molecule has 0 spiro atoms. The Balaban J connectivity index is 1.50. The van der Waals surface area contributed by atoms with E-state index in [2.05, 4.69) is 50.4 Å². The molecular weight excluding hydrogens is 506 g/mol. The van der Waals surface area contributed by atoms with Gasteiger partial charge in [0.05, 0.1) is 25.0 Å². The SMILES string of the molecule is CC(C)(C)[Si](OC[C@H](O)C[C@H](NC(=O)OCc1ccccc1)c1ccco1)(c1ccccc1)c1ccccc1. The van der Waals surface area contributed by atoms with Crippen molar-refractivity contribution in [3.05, 3.63) is 121 Å². The van der Waals surface area contributed by atoms with E-state index in [4.69, 9.17) is 13.6 Å². The molecule has 1 amide bonds.